The largest absolute Gasteiger partial charge is 0.465 e. The predicted molar refractivity (Wildman–Crippen MR) is 112 cm³/mol. The molecule has 9 heteroatoms. The lowest BCUT2D eigenvalue weighted by molar-refractivity contribution is -0.384. The Bertz CT molecular complexity index is 1320. The highest BCUT2D eigenvalue weighted by molar-refractivity contribution is 9.10. The molecule has 4 aromatic rings. The van der Waals surface area contributed by atoms with E-state index >= 15 is 0 Å². The van der Waals surface area contributed by atoms with E-state index in [1.165, 1.54) is 42.1 Å². The maximum Gasteiger partial charge on any atom is 0.340 e. The highest BCUT2D eigenvalue weighted by atomic mass is 79.9. The molecule has 0 saturated heterocycles. The first kappa shape index (κ1) is 19.6. The van der Waals surface area contributed by atoms with Gasteiger partial charge in [0, 0.05) is 22.1 Å². The van der Waals surface area contributed by atoms with Crippen molar-refractivity contribution in [3.8, 4) is 11.3 Å². The molecule has 0 spiro atoms. The van der Waals surface area contributed by atoms with Crippen LogP contribution in [0.5, 0.6) is 0 Å². The van der Waals surface area contributed by atoms with Gasteiger partial charge >= 0.3 is 5.97 Å². The quantitative estimate of drug-likeness (QED) is 0.236. The second-order valence-electron chi connectivity index (χ2n) is 6.31. The maximum atomic E-state index is 13.1. The summed E-state index contributed by atoms with van der Waals surface area (Å²) in [7, 11) is 1.26. The van der Waals surface area contributed by atoms with Crippen LogP contribution in [0.25, 0.3) is 22.2 Å². The SMILES string of the molecule is COC(=O)c1cn(C(=O)c2ccc(-c3ccc(Br)cc3[N+](=O)[O-])o2)c2ccccc12. The number of nitrogens with zero attached hydrogens (tertiary/aromatic N) is 2. The molecule has 0 bridgehead atoms. The molecule has 0 atom stereocenters. The van der Waals surface area contributed by atoms with Gasteiger partial charge in [-0.05, 0) is 30.3 Å². The highest BCUT2D eigenvalue weighted by Gasteiger charge is 2.23. The molecule has 2 aromatic heterocycles. The standard InChI is InChI=1S/C21H13BrN2O6/c1-29-21(26)15-11-23(16-5-3-2-4-13(15)16)20(25)19-9-8-18(30-19)14-7-6-12(22)10-17(14)24(27)28/h2-11H,1H3. The van der Waals surface area contributed by atoms with Crippen molar-refractivity contribution in [1.82, 2.24) is 4.57 Å². The number of fused-ring (bicyclic) bond motifs is 1. The monoisotopic (exact) mass is 468 g/mol. The van der Waals surface area contributed by atoms with E-state index < -0.39 is 16.8 Å². The summed E-state index contributed by atoms with van der Waals surface area (Å²) in [5, 5.41) is 11.9. The lowest BCUT2D eigenvalue weighted by Crippen LogP contribution is -2.10. The van der Waals surface area contributed by atoms with Gasteiger partial charge in [-0.15, -0.1) is 0 Å². The number of furan rings is 1. The van der Waals surface area contributed by atoms with Crippen LogP contribution in [0.3, 0.4) is 0 Å². The molecule has 2 aromatic carbocycles. The van der Waals surface area contributed by atoms with Crippen molar-refractivity contribution in [1.29, 1.82) is 0 Å². The van der Waals surface area contributed by atoms with Crippen LogP contribution in [0.2, 0.25) is 0 Å². The Morgan fingerprint density at radius 3 is 2.63 bits per heavy atom. The second-order valence-corrected chi connectivity index (χ2v) is 7.22. The number of nitro groups is 1. The van der Waals surface area contributed by atoms with Crippen molar-refractivity contribution >= 4 is 44.4 Å². The summed E-state index contributed by atoms with van der Waals surface area (Å²) in [5.41, 5.74) is 0.847. The van der Waals surface area contributed by atoms with Gasteiger partial charge in [-0.2, -0.15) is 0 Å². The number of benzene rings is 2. The summed E-state index contributed by atoms with van der Waals surface area (Å²) < 4.78 is 12.3. The van der Waals surface area contributed by atoms with E-state index in [1.54, 1.807) is 30.3 Å². The summed E-state index contributed by atoms with van der Waals surface area (Å²) in [6, 6.07) is 14.4. The molecule has 0 saturated carbocycles. The highest BCUT2D eigenvalue weighted by Crippen LogP contribution is 2.34. The third-order valence-corrected chi connectivity index (χ3v) is 5.07. The Kier molecular flexibility index (Phi) is 4.96. The van der Waals surface area contributed by atoms with Crippen LogP contribution in [0, 0.1) is 10.1 Å². The molecule has 0 aliphatic carbocycles. The molecule has 0 radical (unpaired) electrons. The van der Waals surface area contributed by atoms with E-state index in [0.717, 1.165) is 0 Å². The van der Waals surface area contributed by atoms with Crippen LogP contribution >= 0.6 is 15.9 Å². The molecule has 8 nitrogen and oxygen atoms in total. The summed E-state index contributed by atoms with van der Waals surface area (Å²) >= 11 is 3.21. The molecule has 0 aliphatic heterocycles. The van der Waals surface area contributed by atoms with Crippen LogP contribution in [0.15, 0.2) is 69.7 Å². The minimum absolute atomic E-state index is 0.0283. The Balaban J connectivity index is 1.78. The summed E-state index contributed by atoms with van der Waals surface area (Å²) in [6.07, 6.45) is 1.39. The third kappa shape index (κ3) is 3.29. The number of aromatic nitrogens is 1. The van der Waals surface area contributed by atoms with Gasteiger partial charge in [0.25, 0.3) is 11.6 Å². The first-order valence-corrected chi connectivity index (χ1v) is 9.47. The van der Waals surface area contributed by atoms with Gasteiger partial charge in [0.2, 0.25) is 0 Å². The van der Waals surface area contributed by atoms with Crippen LogP contribution in [0.4, 0.5) is 5.69 Å². The maximum absolute atomic E-state index is 13.1. The van der Waals surface area contributed by atoms with Crippen LogP contribution < -0.4 is 0 Å². The second kappa shape index (κ2) is 7.60. The van der Waals surface area contributed by atoms with Crippen LogP contribution in [-0.4, -0.2) is 28.5 Å². The smallest absolute Gasteiger partial charge is 0.340 e. The van der Waals surface area contributed by atoms with E-state index in [2.05, 4.69) is 15.9 Å². The molecular weight excluding hydrogens is 456 g/mol. The van der Waals surface area contributed by atoms with Crippen molar-refractivity contribution < 1.29 is 23.7 Å². The van der Waals surface area contributed by atoms with Crippen LogP contribution in [0.1, 0.15) is 20.9 Å². The molecule has 150 valence electrons. The average molecular weight is 469 g/mol. The molecule has 2 heterocycles. The normalized spacial score (nSPS) is 10.9. The average Bonchev–Trinajstić information content (AvgIpc) is 3.38. The Hall–Kier alpha value is -3.72. The number of halogens is 1. The zero-order valence-corrected chi connectivity index (χ0v) is 17.1. The van der Waals surface area contributed by atoms with Crippen molar-refractivity contribution in [2.45, 2.75) is 0 Å². The fourth-order valence-corrected chi connectivity index (χ4v) is 3.55. The van der Waals surface area contributed by atoms with Crippen molar-refractivity contribution in [2.75, 3.05) is 7.11 Å². The fourth-order valence-electron chi connectivity index (χ4n) is 3.20. The molecule has 0 amide bonds. The van der Waals surface area contributed by atoms with Crippen molar-refractivity contribution in [2.24, 2.45) is 0 Å². The lowest BCUT2D eigenvalue weighted by Gasteiger charge is -2.02. The summed E-state index contributed by atoms with van der Waals surface area (Å²) in [6.45, 7) is 0. The Morgan fingerprint density at radius 2 is 1.90 bits per heavy atom. The van der Waals surface area contributed by atoms with Crippen molar-refractivity contribution in [3.05, 3.63) is 86.7 Å². The van der Waals surface area contributed by atoms with Crippen LogP contribution in [-0.2, 0) is 4.74 Å². The minimum Gasteiger partial charge on any atom is -0.465 e. The van der Waals surface area contributed by atoms with E-state index in [9.17, 15) is 19.7 Å². The number of para-hydroxylation sites is 1. The third-order valence-electron chi connectivity index (χ3n) is 4.57. The fraction of sp³-hybridized carbons (Fsp3) is 0.0476. The zero-order valence-electron chi connectivity index (χ0n) is 15.5. The first-order valence-electron chi connectivity index (χ1n) is 8.68. The lowest BCUT2D eigenvalue weighted by atomic mass is 10.1. The number of rotatable bonds is 4. The number of nitro benzene ring substituents is 1. The first-order chi connectivity index (χ1) is 14.4. The number of hydrogen-bond acceptors (Lipinski definition) is 6. The van der Waals surface area contributed by atoms with Crippen molar-refractivity contribution in [3.63, 3.8) is 0 Å². The molecule has 0 fully saturated rings. The summed E-state index contributed by atoms with van der Waals surface area (Å²) in [5.74, 6) is -0.933. The number of ether oxygens (including phenoxy) is 1. The molecule has 0 aliphatic rings. The molecule has 4 rings (SSSR count). The van der Waals surface area contributed by atoms with Gasteiger partial charge < -0.3 is 9.15 Å². The Morgan fingerprint density at radius 1 is 1.13 bits per heavy atom. The predicted octanol–water partition coefficient (Wildman–Crippen LogP) is 5.05. The van der Waals surface area contributed by atoms with E-state index in [1.807, 2.05) is 0 Å². The molecular formula is C21H13BrN2O6. The van der Waals surface area contributed by atoms with Gasteiger partial charge in [-0.3, -0.25) is 19.5 Å². The number of carbonyl (C=O) groups is 2. The number of carbonyl (C=O) groups excluding carboxylic acids is 2. The molecule has 0 N–H and O–H groups in total. The number of methoxy groups -OCH3 is 1. The van der Waals surface area contributed by atoms with Gasteiger partial charge in [0.05, 0.1) is 28.7 Å². The van der Waals surface area contributed by atoms with E-state index in [0.29, 0.717) is 15.4 Å². The van der Waals surface area contributed by atoms with Gasteiger partial charge in [0.15, 0.2) is 5.76 Å². The summed E-state index contributed by atoms with van der Waals surface area (Å²) in [4.78, 5) is 36.0. The van der Waals surface area contributed by atoms with E-state index in [4.69, 9.17) is 9.15 Å². The van der Waals surface area contributed by atoms with Gasteiger partial charge in [-0.25, -0.2) is 4.79 Å². The molecule has 0 unspecified atom stereocenters. The van der Waals surface area contributed by atoms with Gasteiger partial charge in [-0.1, -0.05) is 34.1 Å². The Labute approximate surface area is 177 Å². The number of hydrogen-bond donors (Lipinski definition) is 0. The van der Waals surface area contributed by atoms with E-state index in [-0.39, 0.29) is 28.3 Å². The van der Waals surface area contributed by atoms with Gasteiger partial charge in [0.1, 0.15) is 5.76 Å². The molecule has 30 heavy (non-hydrogen) atoms. The zero-order chi connectivity index (χ0) is 21.4. The number of esters is 1. The minimum atomic E-state index is -0.566. The topological polar surface area (TPSA) is 105 Å².